The van der Waals surface area contributed by atoms with Gasteiger partial charge in [-0.2, -0.15) is 0 Å². The number of sulfonamides is 1. The van der Waals surface area contributed by atoms with Crippen LogP contribution in [0.4, 0.5) is 5.69 Å². The summed E-state index contributed by atoms with van der Waals surface area (Å²) in [5, 5.41) is 0. The molecule has 1 saturated heterocycles. The van der Waals surface area contributed by atoms with E-state index in [0.29, 0.717) is 48.0 Å². The van der Waals surface area contributed by atoms with Crippen molar-refractivity contribution in [1.82, 2.24) is 9.47 Å². The van der Waals surface area contributed by atoms with E-state index in [1.807, 2.05) is 0 Å². The van der Waals surface area contributed by atoms with Crippen LogP contribution in [0.3, 0.4) is 0 Å². The molecule has 0 aliphatic carbocycles. The summed E-state index contributed by atoms with van der Waals surface area (Å²) in [5.41, 5.74) is 0.887. The van der Waals surface area contributed by atoms with Gasteiger partial charge >= 0.3 is 4.87 Å². The summed E-state index contributed by atoms with van der Waals surface area (Å²) in [5.74, 6) is 0.359. The van der Waals surface area contributed by atoms with Crippen LogP contribution in [0.2, 0.25) is 0 Å². The lowest BCUT2D eigenvalue weighted by atomic mass is 10.3. The number of methoxy groups -OCH3 is 1. The SMILES string of the molecule is COc1cccc(NS(=O)(=O)c2ccc3c(c2)sc(=O)n3CC(=O)N2CCOCC2)c1. The topological polar surface area (TPSA) is 107 Å². The highest BCUT2D eigenvalue weighted by Gasteiger charge is 2.21. The molecule has 1 aromatic heterocycles. The second-order valence-corrected chi connectivity index (χ2v) is 9.59. The van der Waals surface area contributed by atoms with Crippen molar-refractivity contribution in [3.63, 3.8) is 0 Å². The normalized spacial score (nSPS) is 14.5. The van der Waals surface area contributed by atoms with E-state index < -0.39 is 10.0 Å². The van der Waals surface area contributed by atoms with Crippen LogP contribution < -0.4 is 14.3 Å². The Bertz CT molecular complexity index is 1280. The van der Waals surface area contributed by atoms with Crippen molar-refractivity contribution < 1.29 is 22.7 Å². The highest BCUT2D eigenvalue weighted by Crippen LogP contribution is 2.25. The van der Waals surface area contributed by atoms with Crippen LogP contribution in [0.1, 0.15) is 0 Å². The van der Waals surface area contributed by atoms with Crippen molar-refractivity contribution in [2.75, 3.05) is 38.1 Å². The highest BCUT2D eigenvalue weighted by atomic mass is 32.2. The molecule has 9 nitrogen and oxygen atoms in total. The molecule has 2 heterocycles. The molecular weight excluding hydrogens is 442 g/mol. The minimum absolute atomic E-state index is 0.0238. The summed E-state index contributed by atoms with van der Waals surface area (Å²) in [6.45, 7) is 1.86. The zero-order valence-corrected chi connectivity index (χ0v) is 18.4. The number of hydrogen-bond acceptors (Lipinski definition) is 7. The lowest BCUT2D eigenvalue weighted by Gasteiger charge is -2.26. The largest absolute Gasteiger partial charge is 0.497 e. The molecule has 1 N–H and O–H groups in total. The summed E-state index contributed by atoms with van der Waals surface area (Å²) in [7, 11) is -2.37. The molecule has 0 radical (unpaired) electrons. The minimum atomic E-state index is -3.87. The van der Waals surface area contributed by atoms with Crippen LogP contribution in [0.5, 0.6) is 5.75 Å². The number of carbonyl (C=O) groups is 1. The fourth-order valence-corrected chi connectivity index (χ4v) is 5.39. The van der Waals surface area contributed by atoms with E-state index in [4.69, 9.17) is 9.47 Å². The molecule has 0 atom stereocenters. The van der Waals surface area contributed by atoms with Crippen LogP contribution in [0.15, 0.2) is 52.2 Å². The Morgan fingerprint density at radius 2 is 1.97 bits per heavy atom. The fourth-order valence-electron chi connectivity index (χ4n) is 3.31. The van der Waals surface area contributed by atoms with Crippen LogP contribution in [0.25, 0.3) is 10.2 Å². The van der Waals surface area contributed by atoms with E-state index in [-0.39, 0.29) is 22.2 Å². The van der Waals surface area contributed by atoms with Crippen LogP contribution >= 0.6 is 11.3 Å². The maximum Gasteiger partial charge on any atom is 0.308 e. The third kappa shape index (κ3) is 4.58. The van der Waals surface area contributed by atoms with Gasteiger partial charge in [0.1, 0.15) is 12.3 Å². The van der Waals surface area contributed by atoms with Crippen molar-refractivity contribution in [3.8, 4) is 5.75 Å². The lowest BCUT2D eigenvalue weighted by molar-refractivity contribution is -0.135. The Morgan fingerprint density at radius 1 is 1.19 bits per heavy atom. The number of rotatable bonds is 6. The number of carbonyl (C=O) groups excluding carboxylic acids is 1. The number of nitrogens with one attached hydrogen (secondary N) is 1. The van der Waals surface area contributed by atoms with E-state index in [1.54, 1.807) is 35.2 Å². The van der Waals surface area contributed by atoms with E-state index in [1.165, 1.54) is 23.8 Å². The van der Waals surface area contributed by atoms with Gasteiger partial charge < -0.3 is 14.4 Å². The van der Waals surface area contributed by atoms with Crippen molar-refractivity contribution in [2.24, 2.45) is 0 Å². The number of aromatic nitrogens is 1. The number of hydrogen-bond donors (Lipinski definition) is 1. The Kier molecular flexibility index (Phi) is 5.99. The van der Waals surface area contributed by atoms with Gasteiger partial charge in [0.25, 0.3) is 10.0 Å². The molecule has 0 bridgehead atoms. The number of amides is 1. The summed E-state index contributed by atoms with van der Waals surface area (Å²) in [4.78, 5) is 26.4. The monoisotopic (exact) mass is 463 g/mol. The second kappa shape index (κ2) is 8.69. The van der Waals surface area contributed by atoms with Gasteiger partial charge in [-0.25, -0.2) is 8.42 Å². The second-order valence-electron chi connectivity index (χ2n) is 6.91. The maximum absolute atomic E-state index is 12.8. The van der Waals surface area contributed by atoms with Gasteiger partial charge in [0.05, 0.1) is 41.1 Å². The fraction of sp³-hybridized carbons (Fsp3) is 0.300. The molecule has 1 aliphatic heterocycles. The van der Waals surface area contributed by atoms with Crippen LogP contribution in [-0.2, 0) is 26.1 Å². The first-order valence-electron chi connectivity index (χ1n) is 9.53. The Balaban J connectivity index is 1.59. The number of fused-ring (bicyclic) bond motifs is 1. The number of morpholine rings is 1. The smallest absolute Gasteiger partial charge is 0.308 e. The molecule has 11 heteroatoms. The molecule has 0 unspecified atom stereocenters. The molecule has 1 amide bonds. The quantitative estimate of drug-likeness (QED) is 0.597. The first-order chi connectivity index (χ1) is 14.9. The van der Waals surface area contributed by atoms with Gasteiger partial charge in [-0.05, 0) is 30.3 Å². The molecule has 164 valence electrons. The zero-order valence-electron chi connectivity index (χ0n) is 16.7. The van der Waals surface area contributed by atoms with Crippen LogP contribution in [-0.4, -0.2) is 57.2 Å². The number of benzene rings is 2. The van der Waals surface area contributed by atoms with E-state index in [2.05, 4.69) is 4.72 Å². The zero-order chi connectivity index (χ0) is 22.0. The molecule has 0 spiro atoms. The predicted octanol–water partition coefficient (Wildman–Crippen LogP) is 1.73. The van der Waals surface area contributed by atoms with Crippen molar-refractivity contribution in [2.45, 2.75) is 11.4 Å². The lowest BCUT2D eigenvalue weighted by Crippen LogP contribution is -2.43. The van der Waals surface area contributed by atoms with Crippen molar-refractivity contribution in [3.05, 3.63) is 52.1 Å². The molecule has 1 aliphatic rings. The van der Waals surface area contributed by atoms with Gasteiger partial charge in [0.2, 0.25) is 5.91 Å². The molecule has 1 fully saturated rings. The van der Waals surface area contributed by atoms with Gasteiger partial charge in [-0.1, -0.05) is 17.4 Å². The Morgan fingerprint density at radius 3 is 2.71 bits per heavy atom. The van der Waals surface area contributed by atoms with Crippen LogP contribution in [0, 0.1) is 0 Å². The number of thiazole rings is 1. The number of ether oxygens (including phenoxy) is 2. The highest BCUT2D eigenvalue weighted by molar-refractivity contribution is 7.92. The summed E-state index contributed by atoms with van der Waals surface area (Å²) >= 11 is 0.910. The molecule has 3 aromatic rings. The third-order valence-electron chi connectivity index (χ3n) is 4.93. The standard InChI is InChI=1S/C20H21N3O6S2/c1-28-15-4-2-3-14(11-15)21-31(26,27)16-5-6-17-18(12-16)30-20(25)23(17)13-19(24)22-7-9-29-10-8-22/h2-6,11-12,21H,7-10,13H2,1H3. The van der Waals surface area contributed by atoms with E-state index in [0.717, 1.165) is 11.3 Å². The maximum atomic E-state index is 12.8. The Hall–Kier alpha value is -2.89. The number of anilines is 1. The first kappa shape index (κ1) is 21.3. The summed E-state index contributed by atoms with van der Waals surface area (Å²) < 4.78 is 40.4. The van der Waals surface area contributed by atoms with Crippen molar-refractivity contribution >= 4 is 43.2 Å². The summed E-state index contributed by atoms with van der Waals surface area (Å²) in [6, 6.07) is 11.0. The van der Waals surface area contributed by atoms with Crippen molar-refractivity contribution in [1.29, 1.82) is 0 Å². The predicted molar refractivity (Wildman–Crippen MR) is 117 cm³/mol. The average molecular weight is 464 g/mol. The van der Waals surface area contributed by atoms with Gasteiger partial charge in [-0.15, -0.1) is 0 Å². The van der Waals surface area contributed by atoms with Gasteiger partial charge in [0, 0.05) is 19.2 Å². The summed E-state index contributed by atoms with van der Waals surface area (Å²) in [6.07, 6.45) is 0. The molecule has 31 heavy (non-hydrogen) atoms. The van der Waals surface area contributed by atoms with Gasteiger partial charge in [-0.3, -0.25) is 18.9 Å². The molecular formula is C20H21N3O6S2. The third-order valence-corrected chi connectivity index (χ3v) is 7.25. The molecule has 0 saturated carbocycles. The molecule has 4 rings (SSSR count). The number of nitrogens with zero attached hydrogens (tertiary/aromatic N) is 2. The Labute approximate surface area is 182 Å². The van der Waals surface area contributed by atoms with E-state index in [9.17, 15) is 18.0 Å². The van der Waals surface area contributed by atoms with Gasteiger partial charge in [0.15, 0.2) is 0 Å². The first-order valence-corrected chi connectivity index (χ1v) is 11.8. The molecule has 2 aromatic carbocycles. The minimum Gasteiger partial charge on any atom is -0.497 e. The van der Waals surface area contributed by atoms with E-state index >= 15 is 0 Å². The average Bonchev–Trinajstić information content (AvgIpc) is 3.08.